The normalized spacial score (nSPS) is 13.2. The van der Waals surface area contributed by atoms with Crippen LogP contribution in [-0.4, -0.2) is 53.8 Å². The molecule has 8 nitrogen and oxygen atoms in total. The van der Waals surface area contributed by atoms with Gasteiger partial charge in [-0.15, -0.1) is 0 Å². The molecule has 0 fully saturated rings. The van der Waals surface area contributed by atoms with Gasteiger partial charge < -0.3 is 19.6 Å². The van der Waals surface area contributed by atoms with Crippen LogP contribution >= 0.6 is 11.6 Å². The number of hydrogen-bond acceptors (Lipinski definition) is 5. The van der Waals surface area contributed by atoms with Gasteiger partial charge >= 0.3 is 12.2 Å². The van der Waals surface area contributed by atoms with Crippen molar-refractivity contribution in [3.63, 3.8) is 0 Å². The highest BCUT2D eigenvalue weighted by Crippen LogP contribution is 2.41. The van der Waals surface area contributed by atoms with Gasteiger partial charge in [0, 0.05) is 25.2 Å². The van der Waals surface area contributed by atoms with Crippen LogP contribution < -0.4 is 9.80 Å². The number of rotatable bonds is 4. The Hall–Kier alpha value is -3.26. The lowest BCUT2D eigenvalue weighted by Gasteiger charge is -2.28. The van der Waals surface area contributed by atoms with E-state index in [2.05, 4.69) is 0 Å². The maximum Gasteiger partial charge on any atom is 0.419 e. The minimum Gasteiger partial charge on any atom is -0.465 e. The van der Waals surface area contributed by atoms with Crippen LogP contribution in [0.3, 0.4) is 0 Å². The third kappa shape index (κ3) is 4.96. The number of anilines is 3. The first-order valence-corrected chi connectivity index (χ1v) is 10.5. The SMILES string of the molecule is CN1C(=O)c2ccccc2N(CCCN(C(=O)O)C(=O)OC(C)(C)C)c2cc(Cl)ccc21. The zero-order valence-electron chi connectivity index (χ0n) is 18.5. The summed E-state index contributed by atoms with van der Waals surface area (Å²) in [4.78, 5) is 41.1. The number of benzene rings is 2. The van der Waals surface area contributed by atoms with Crippen LogP contribution in [0, 0.1) is 0 Å². The predicted molar refractivity (Wildman–Crippen MR) is 123 cm³/mol. The molecule has 2 aromatic rings. The van der Waals surface area contributed by atoms with Crippen molar-refractivity contribution in [2.45, 2.75) is 32.8 Å². The van der Waals surface area contributed by atoms with E-state index in [1.807, 2.05) is 17.0 Å². The van der Waals surface area contributed by atoms with Crippen molar-refractivity contribution in [2.24, 2.45) is 0 Å². The van der Waals surface area contributed by atoms with E-state index in [1.165, 1.54) is 0 Å². The smallest absolute Gasteiger partial charge is 0.419 e. The van der Waals surface area contributed by atoms with Gasteiger partial charge in [-0.25, -0.2) is 14.5 Å². The number of hydrogen-bond donors (Lipinski definition) is 1. The van der Waals surface area contributed by atoms with Gasteiger partial charge in [-0.05, 0) is 57.5 Å². The van der Waals surface area contributed by atoms with Gasteiger partial charge in [-0.2, -0.15) is 0 Å². The molecule has 0 bridgehead atoms. The van der Waals surface area contributed by atoms with E-state index in [9.17, 15) is 19.5 Å². The Balaban J connectivity index is 1.90. The van der Waals surface area contributed by atoms with Crippen molar-refractivity contribution in [3.8, 4) is 0 Å². The Kier molecular flexibility index (Phi) is 6.64. The standard InChI is InChI=1S/C23H26ClN3O5/c1-23(2,3)32-22(31)27(21(29)30)13-7-12-26-17-9-6-5-8-16(17)20(28)25(4)18-11-10-15(24)14-19(18)26/h5-6,8-11,14H,7,12-13H2,1-4H3,(H,29,30). The molecular formula is C23H26ClN3O5. The quantitative estimate of drug-likeness (QED) is 0.660. The van der Waals surface area contributed by atoms with Gasteiger partial charge in [0.05, 0.1) is 22.6 Å². The fourth-order valence-electron chi connectivity index (χ4n) is 3.52. The van der Waals surface area contributed by atoms with Gasteiger partial charge in [-0.1, -0.05) is 23.7 Å². The van der Waals surface area contributed by atoms with Crippen molar-refractivity contribution in [2.75, 3.05) is 29.9 Å². The molecule has 9 heteroatoms. The summed E-state index contributed by atoms with van der Waals surface area (Å²) in [5, 5.41) is 10.00. The van der Waals surface area contributed by atoms with E-state index >= 15 is 0 Å². The lowest BCUT2D eigenvalue weighted by atomic mass is 10.1. The van der Waals surface area contributed by atoms with Crippen molar-refractivity contribution in [1.82, 2.24) is 4.90 Å². The van der Waals surface area contributed by atoms with Crippen LogP contribution in [0.25, 0.3) is 0 Å². The highest BCUT2D eigenvalue weighted by Gasteiger charge is 2.30. The van der Waals surface area contributed by atoms with E-state index in [4.69, 9.17) is 16.3 Å². The molecule has 0 atom stereocenters. The number of imide groups is 1. The molecular weight excluding hydrogens is 434 g/mol. The molecule has 0 saturated heterocycles. The number of carboxylic acid groups (broad SMARTS) is 1. The molecule has 0 aromatic heterocycles. The molecule has 1 aliphatic heterocycles. The second-order valence-electron chi connectivity index (χ2n) is 8.43. The van der Waals surface area contributed by atoms with E-state index in [0.717, 1.165) is 5.69 Å². The summed E-state index contributed by atoms with van der Waals surface area (Å²) in [5.74, 6) is -0.160. The Morgan fingerprint density at radius 3 is 2.44 bits per heavy atom. The summed E-state index contributed by atoms with van der Waals surface area (Å²) in [6.07, 6.45) is -1.99. The fourth-order valence-corrected chi connectivity index (χ4v) is 3.68. The minimum atomic E-state index is -1.38. The number of ether oxygens (including phenoxy) is 1. The van der Waals surface area contributed by atoms with E-state index < -0.39 is 17.8 Å². The number of carbonyl (C=O) groups is 3. The van der Waals surface area contributed by atoms with Crippen LogP contribution in [0.5, 0.6) is 0 Å². The number of amides is 3. The molecule has 0 radical (unpaired) electrons. The molecule has 0 saturated carbocycles. The van der Waals surface area contributed by atoms with E-state index in [1.54, 1.807) is 63.1 Å². The molecule has 3 amide bonds. The topological polar surface area (TPSA) is 90.4 Å². The first kappa shape index (κ1) is 23.4. The Morgan fingerprint density at radius 1 is 1.09 bits per heavy atom. The average molecular weight is 460 g/mol. The third-order valence-electron chi connectivity index (χ3n) is 4.93. The summed E-state index contributed by atoms with van der Waals surface area (Å²) >= 11 is 6.26. The molecule has 3 rings (SSSR count). The monoisotopic (exact) mass is 459 g/mol. The third-order valence-corrected chi connectivity index (χ3v) is 5.16. The van der Waals surface area contributed by atoms with Crippen molar-refractivity contribution in [3.05, 3.63) is 53.1 Å². The molecule has 1 aliphatic rings. The first-order valence-electron chi connectivity index (χ1n) is 10.2. The molecule has 1 heterocycles. The van der Waals surface area contributed by atoms with Crippen LogP contribution in [0.4, 0.5) is 26.7 Å². The van der Waals surface area contributed by atoms with Crippen molar-refractivity contribution >= 4 is 46.8 Å². The zero-order valence-corrected chi connectivity index (χ0v) is 19.2. The van der Waals surface area contributed by atoms with Crippen LogP contribution in [-0.2, 0) is 4.74 Å². The maximum absolute atomic E-state index is 13.0. The fraction of sp³-hybridized carbons (Fsp3) is 0.348. The molecule has 0 spiro atoms. The summed E-state index contributed by atoms with van der Waals surface area (Å²) in [7, 11) is 1.70. The van der Waals surface area contributed by atoms with Gasteiger partial charge in [0.1, 0.15) is 5.60 Å². The number of fused-ring (bicyclic) bond motifs is 2. The molecule has 170 valence electrons. The van der Waals surface area contributed by atoms with E-state index in [0.29, 0.717) is 39.8 Å². The van der Waals surface area contributed by atoms with Gasteiger partial charge in [-0.3, -0.25) is 4.79 Å². The first-order chi connectivity index (χ1) is 15.0. The predicted octanol–water partition coefficient (Wildman–Crippen LogP) is 5.37. The van der Waals surface area contributed by atoms with Crippen molar-refractivity contribution in [1.29, 1.82) is 0 Å². The van der Waals surface area contributed by atoms with Gasteiger partial charge in [0.15, 0.2) is 0 Å². The Labute approximate surface area is 191 Å². The highest BCUT2D eigenvalue weighted by molar-refractivity contribution is 6.31. The number of nitrogens with zero attached hydrogens (tertiary/aromatic N) is 3. The van der Waals surface area contributed by atoms with Crippen LogP contribution in [0.1, 0.15) is 37.6 Å². The molecule has 0 aliphatic carbocycles. The average Bonchev–Trinajstić information content (AvgIpc) is 2.78. The second kappa shape index (κ2) is 9.08. The van der Waals surface area contributed by atoms with Gasteiger partial charge in [0.25, 0.3) is 5.91 Å². The molecule has 2 aromatic carbocycles. The molecule has 0 unspecified atom stereocenters. The zero-order chi connectivity index (χ0) is 23.6. The van der Waals surface area contributed by atoms with Crippen LogP contribution in [0.15, 0.2) is 42.5 Å². The van der Waals surface area contributed by atoms with E-state index in [-0.39, 0.29) is 12.5 Å². The lowest BCUT2D eigenvalue weighted by molar-refractivity contribution is 0.0269. The second-order valence-corrected chi connectivity index (χ2v) is 8.87. The van der Waals surface area contributed by atoms with Crippen LogP contribution in [0.2, 0.25) is 5.02 Å². The van der Waals surface area contributed by atoms with Gasteiger partial charge in [0.2, 0.25) is 0 Å². The molecule has 1 N–H and O–H groups in total. The molecule has 32 heavy (non-hydrogen) atoms. The number of para-hydroxylation sites is 1. The summed E-state index contributed by atoms with van der Waals surface area (Å²) < 4.78 is 5.20. The summed E-state index contributed by atoms with van der Waals surface area (Å²) in [6.45, 7) is 5.30. The minimum absolute atomic E-state index is 0.0669. The number of carbonyl (C=O) groups excluding carboxylic acids is 2. The number of halogens is 1. The maximum atomic E-state index is 13.0. The Bertz CT molecular complexity index is 1050. The van der Waals surface area contributed by atoms with Crippen molar-refractivity contribution < 1.29 is 24.2 Å². The largest absolute Gasteiger partial charge is 0.465 e. The Morgan fingerprint density at radius 2 is 1.78 bits per heavy atom. The summed E-state index contributed by atoms with van der Waals surface area (Å²) in [5.41, 5.74) is 1.79. The summed E-state index contributed by atoms with van der Waals surface area (Å²) in [6, 6.07) is 12.5. The highest BCUT2D eigenvalue weighted by atomic mass is 35.5. The lowest BCUT2D eigenvalue weighted by Crippen LogP contribution is -2.41.